The minimum atomic E-state index is -0.477. The van der Waals surface area contributed by atoms with E-state index in [2.05, 4.69) is 26.6 Å². The zero-order chi connectivity index (χ0) is 15.4. The van der Waals surface area contributed by atoms with Crippen LogP contribution in [0.4, 0.5) is 15.8 Å². The number of carbonyl (C=O) groups excluding carboxylic acids is 1. The van der Waals surface area contributed by atoms with Gasteiger partial charge >= 0.3 is 0 Å². The molecule has 2 aromatic carbocycles. The molecule has 0 unspecified atom stereocenters. The molecule has 0 bridgehead atoms. The van der Waals surface area contributed by atoms with Gasteiger partial charge in [-0.3, -0.25) is 4.79 Å². The number of nitrogens with one attached hydrogen (secondary N) is 2. The van der Waals surface area contributed by atoms with Gasteiger partial charge in [-0.1, -0.05) is 17.7 Å². The molecule has 0 heterocycles. The molecule has 2 aromatic rings. The van der Waals surface area contributed by atoms with Gasteiger partial charge in [0.1, 0.15) is 5.82 Å². The topological polar surface area (TPSA) is 41.1 Å². The molecule has 1 amide bonds. The van der Waals surface area contributed by atoms with E-state index in [-0.39, 0.29) is 11.6 Å². The quantitative estimate of drug-likeness (QED) is 0.847. The summed E-state index contributed by atoms with van der Waals surface area (Å²) in [4.78, 5) is 12.4. The number of aryl methyl sites for hydroxylation is 1. The number of anilines is 2. The van der Waals surface area contributed by atoms with E-state index in [1.54, 1.807) is 18.2 Å². The summed E-state index contributed by atoms with van der Waals surface area (Å²) < 4.78 is 14.3. The molecule has 0 fully saturated rings. The first-order valence-electron chi connectivity index (χ1n) is 6.62. The molecule has 0 saturated heterocycles. The molecular formula is C16H16BrFN2O. The van der Waals surface area contributed by atoms with Gasteiger partial charge in [0.2, 0.25) is 0 Å². The third-order valence-electron chi connectivity index (χ3n) is 2.99. The molecular weight excluding hydrogens is 335 g/mol. The van der Waals surface area contributed by atoms with Crippen molar-refractivity contribution in [1.82, 2.24) is 0 Å². The van der Waals surface area contributed by atoms with Crippen molar-refractivity contribution in [2.75, 3.05) is 17.2 Å². The van der Waals surface area contributed by atoms with Crippen molar-refractivity contribution >= 4 is 33.2 Å². The number of carbonyl (C=O) groups is 1. The molecule has 5 heteroatoms. The Kier molecular flexibility index (Phi) is 4.96. The molecule has 2 rings (SSSR count). The second-order valence-electron chi connectivity index (χ2n) is 4.63. The van der Waals surface area contributed by atoms with Crippen molar-refractivity contribution in [3.63, 3.8) is 0 Å². The van der Waals surface area contributed by atoms with E-state index < -0.39 is 5.82 Å². The minimum Gasteiger partial charge on any atom is -0.385 e. The highest BCUT2D eigenvalue weighted by molar-refractivity contribution is 9.10. The molecule has 0 saturated carbocycles. The van der Waals surface area contributed by atoms with Crippen LogP contribution in [-0.4, -0.2) is 12.5 Å². The van der Waals surface area contributed by atoms with E-state index in [1.807, 2.05) is 26.0 Å². The van der Waals surface area contributed by atoms with Gasteiger partial charge in [0.25, 0.3) is 5.91 Å². The van der Waals surface area contributed by atoms with Crippen LogP contribution in [0.15, 0.2) is 40.9 Å². The van der Waals surface area contributed by atoms with Gasteiger partial charge < -0.3 is 10.6 Å². The van der Waals surface area contributed by atoms with Gasteiger partial charge in [0, 0.05) is 16.7 Å². The number of benzene rings is 2. The fraction of sp³-hybridized carbons (Fsp3) is 0.188. The maximum Gasteiger partial charge on any atom is 0.257 e. The van der Waals surface area contributed by atoms with Crippen molar-refractivity contribution in [3.8, 4) is 0 Å². The maximum absolute atomic E-state index is 13.8. The normalized spacial score (nSPS) is 10.3. The molecule has 21 heavy (non-hydrogen) atoms. The molecule has 0 spiro atoms. The standard InChI is InChI=1S/C16H16BrFN2O/c1-3-19-14-8-7-10(2)9-11(14)16(21)20-15-12(17)5-4-6-13(15)18/h4-9,19H,3H2,1-2H3,(H,20,21). The zero-order valence-electron chi connectivity index (χ0n) is 11.8. The number of para-hydroxylation sites is 1. The predicted molar refractivity (Wildman–Crippen MR) is 87.4 cm³/mol. The van der Waals surface area contributed by atoms with E-state index in [0.29, 0.717) is 16.6 Å². The van der Waals surface area contributed by atoms with Gasteiger partial charge in [-0.05, 0) is 54.0 Å². The molecule has 0 aliphatic rings. The largest absolute Gasteiger partial charge is 0.385 e. The summed E-state index contributed by atoms with van der Waals surface area (Å²) in [6, 6.07) is 10.1. The van der Waals surface area contributed by atoms with Gasteiger partial charge in [-0.2, -0.15) is 0 Å². The van der Waals surface area contributed by atoms with Crippen molar-refractivity contribution in [2.45, 2.75) is 13.8 Å². The molecule has 2 N–H and O–H groups in total. The Morgan fingerprint density at radius 3 is 2.71 bits per heavy atom. The van der Waals surface area contributed by atoms with Crippen LogP contribution >= 0.6 is 15.9 Å². The van der Waals surface area contributed by atoms with E-state index in [0.717, 1.165) is 11.3 Å². The van der Waals surface area contributed by atoms with Crippen LogP contribution in [0.2, 0.25) is 0 Å². The number of rotatable bonds is 4. The second-order valence-corrected chi connectivity index (χ2v) is 5.48. The second kappa shape index (κ2) is 6.72. The Bertz CT molecular complexity index is 653. The predicted octanol–water partition coefficient (Wildman–Crippen LogP) is 4.58. The van der Waals surface area contributed by atoms with E-state index >= 15 is 0 Å². The van der Waals surface area contributed by atoms with Crippen LogP contribution in [0.1, 0.15) is 22.8 Å². The fourth-order valence-corrected chi connectivity index (χ4v) is 2.43. The van der Waals surface area contributed by atoms with Crippen LogP contribution in [-0.2, 0) is 0 Å². The summed E-state index contributed by atoms with van der Waals surface area (Å²) in [5, 5.41) is 5.75. The SMILES string of the molecule is CCNc1ccc(C)cc1C(=O)Nc1c(F)cccc1Br. The summed E-state index contributed by atoms with van der Waals surface area (Å²) in [6.07, 6.45) is 0. The third-order valence-corrected chi connectivity index (χ3v) is 3.65. The smallest absolute Gasteiger partial charge is 0.257 e. The van der Waals surface area contributed by atoms with Gasteiger partial charge in [0.15, 0.2) is 0 Å². The highest BCUT2D eigenvalue weighted by atomic mass is 79.9. The molecule has 0 radical (unpaired) electrons. The van der Waals surface area contributed by atoms with Crippen LogP contribution in [0.5, 0.6) is 0 Å². The van der Waals surface area contributed by atoms with E-state index in [1.165, 1.54) is 6.07 Å². The minimum absolute atomic E-state index is 0.145. The Hall–Kier alpha value is -1.88. The van der Waals surface area contributed by atoms with E-state index in [9.17, 15) is 9.18 Å². The number of amides is 1. The zero-order valence-corrected chi connectivity index (χ0v) is 13.4. The van der Waals surface area contributed by atoms with Crippen LogP contribution in [0, 0.1) is 12.7 Å². The van der Waals surface area contributed by atoms with Crippen LogP contribution in [0.3, 0.4) is 0 Å². The summed E-state index contributed by atoms with van der Waals surface area (Å²) in [6.45, 7) is 4.56. The Labute approximate surface area is 131 Å². The average molecular weight is 351 g/mol. The third kappa shape index (κ3) is 3.61. The number of hydrogen-bond acceptors (Lipinski definition) is 2. The van der Waals surface area contributed by atoms with Crippen molar-refractivity contribution in [2.24, 2.45) is 0 Å². The molecule has 110 valence electrons. The molecule has 0 aliphatic heterocycles. The van der Waals surface area contributed by atoms with Gasteiger partial charge in [-0.25, -0.2) is 4.39 Å². The lowest BCUT2D eigenvalue weighted by molar-refractivity contribution is 0.102. The first-order valence-corrected chi connectivity index (χ1v) is 7.42. The van der Waals surface area contributed by atoms with Gasteiger partial charge in [0.05, 0.1) is 11.3 Å². The maximum atomic E-state index is 13.8. The lowest BCUT2D eigenvalue weighted by Crippen LogP contribution is -2.16. The van der Waals surface area contributed by atoms with Gasteiger partial charge in [-0.15, -0.1) is 0 Å². The Morgan fingerprint density at radius 2 is 2.05 bits per heavy atom. The fourth-order valence-electron chi connectivity index (χ4n) is 1.99. The molecule has 0 atom stereocenters. The lowest BCUT2D eigenvalue weighted by atomic mass is 10.1. The highest BCUT2D eigenvalue weighted by Crippen LogP contribution is 2.27. The first kappa shape index (κ1) is 15.5. The highest BCUT2D eigenvalue weighted by Gasteiger charge is 2.15. The van der Waals surface area contributed by atoms with Crippen LogP contribution < -0.4 is 10.6 Å². The molecule has 0 aliphatic carbocycles. The summed E-state index contributed by atoms with van der Waals surface area (Å²) in [7, 11) is 0. The van der Waals surface area contributed by atoms with Crippen molar-refractivity contribution < 1.29 is 9.18 Å². The van der Waals surface area contributed by atoms with E-state index in [4.69, 9.17) is 0 Å². The average Bonchev–Trinajstić information content (AvgIpc) is 2.45. The van der Waals surface area contributed by atoms with Crippen LogP contribution in [0.25, 0.3) is 0 Å². The van der Waals surface area contributed by atoms with Crippen molar-refractivity contribution in [3.05, 3.63) is 57.8 Å². The number of hydrogen-bond donors (Lipinski definition) is 2. The monoisotopic (exact) mass is 350 g/mol. The number of halogens is 2. The van der Waals surface area contributed by atoms with Crippen molar-refractivity contribution in [1.29, 1.82) is 0 Å². The Morgan fingerprint density at radius 1 is 1.29 bits per heavy atom. The first-order chi connectivity index (χ1) is 10.0. The summed E-state index contributed by atoms with van der Waals surface area (Å²) >= 11 is 3.24. The summed E-state index contributed by atoms with van der Waals surface area (Å²) in [5.41, 5.74) is 2.33. The Balaban J connectivity index is 2.34. The molecule has 3 nitrogen and oxygen atoms in total. The lowest BCUT2D eigenvalue weighted by Gasteiger charge is -2.13. The molecule has 0 aromatic heterocycles. The summed E-state index contributed by atoms with van der Waals surface area (Å²) in [5.74, 6) is -0.823.